The molecule has 3 heterocycles. The van der Waals surface area contributed by atoms with Gasteiger partial charge in [-0.05, 0) is 59.7 Å². The number of benzene rings is 2. The fourth-order valence-corrected chi connectivity index (χ4v) is 6.46. The third kappa shape index (κ3) is 4.29. The first-order chi connectivity index (χ1) is 16.0. The SMILES string of the molecule is O=C(c1ccco1)C1SC(c2ccc(Cl)cc2)C(C(=O)c2ccco2)C1c1ccc(Cl)cc1. The van der Waals surface area contributed by atoms with E-state index in [-0.39, 0.29) is 28.3 Å². The largest absolute Gasteiger partial charge is 0.461 e. The molecule has 4 aromatic rings. The topological polar surface area (TPSA) is 60.4 Å². The van der Waals surface area contributed by atoms with E-state index in [2.05, 4.69) is 0 Å². The second-order valence-electron chi connectivity index (χ2n) is 7.82. The second-order valence-corrected chi connectivity index (χ2v) is 9.98. The van der Waals surface area contributed by atoms with Crippen LogP contribution in [-0.2, 0) is 0 Å². The van der Waals surface area contributed by atoms with E-state index in [1.54, 1.807) is 48.5 Å². The number of carbonyl (C=O) groups is 2. The van der Waals surface area contributed by atoms with Gasteiger partial charge in [-0.25, -0.2) is 0 Å². The van der Waals surface area contributed by atoms with Gasteiger partial charge in [0.25, 0.3) is 0 Å². The summed E-state index contributed by atoms with van der Waals surface area (Å²) >= 11 is 13.7. The van der Waals surface area contributed by atoms with Gasteiger partial charge in [0, 0.05) is 27.1 Å². The summed E-state index contributed by atoms with van der Waals surface area (Å²) in [5.41, 5.74) is 1.78. The van der Waals surface area contributed by atoms with E-state index in [4.69, 9.17) is 32.0 Å². The van der Waals surface area contributed by atoms with Crippen molar-refractivity contribution in [1.82, 2.24) is 0 Å². The van der Waals surface area contributed by atoms with Crippen LogP contribution in [0.1, 0.15) is 43.4 Å². The Morgan fingerprint density at radius 2 is 1.21 bits per heavy atom. The van der Waals surface area contributed by atoms with Crippen LogP contribution in [0.3, 0.4) is 0 Å². The zero-order valence-corrected chi connectivity index (χ0v) is 19.5. The van der Waals surface area contributed by atoms with Crippen molar-refractivity contribution >= 4 is 46.5 Å². The average Bonchev–Trinajstić information content (AvgIpc) is 3.60. The average molecular weight is 497 g/mol. The number of halogens is 2. The van der Waals surface area contributed by atoms with Crippen LogP contribution in [0, 0.1) is 5.92 Å². The number of rotatable bonds is 6. The molecule has 0 aliphatic carbocycles. The van der Waals surface area contributed by atoms with Crippen molar-refractivity contribution in [2.75, 3.05) is 0 Å². The van der Waals surface area contributed by atoms with Crippen LogP contribution in [0.2, 0.25) is 10.0 Å². The quantitative estimate of drug-likeness (QED) is 0.258. The highest BCUT2D eigenvalue weighted by Crippen LogP contribution is 2.58. The van der Waals surface area contributed by atoms with E-state index < -0.39 is 17.1 Å². The van der Waals surface area contributed by atoms with Gasteiger partial charge in [0.05, 0.1) is 17.8 Å². The predicted molar refractivity (Wildman–Crippen MR) is 129 cm³/mol. The lowest BCUT2D eigenvalue weighted by Crippen LogP contribution is -2.29. The molecule has 4 unspecified atom stereocenters. The van der Waals surface area contributed by atoms with Gasteiger partial charge in [0.15, 0.2) is 11.5 Å². The molecule has 2 aromatic heterocycles. The van der Waals surface area contributed by atoms with Crippen molar-refractivity contribution in [1.29, 1.82) is 0 Å². The van der Waals surface area contributed by atoms with Crippen LogP contribution in [0.25, 0.3) is 0 Å². The van der Waals surface area contributed by atoms with Crippen LogP contribution in [-0.4, -0.2) is 16.8 Å². The van der Waals surface area contributed by atoms with Crippen molar-refractivity contribution in [3.8, 4) is 0 Å². The number of furan rings is 2. The zero-order valence-electron chi connectivity index (χ0n) is 17.2. The number of Topliss-reactive ketones (excluding diaryl/α,β-unsaturated/α-hetero) is 2. The molecule has 33 heavy (non-hydrogen) atoms. The molecule has 1 saturated heterocycles. The third-order valence-corrected chi connectivity index (χ3v) is 8.04. The lowest BCUT2D eigenvalue weighted by molar-refractivity contribution is 0.0860. The lowest BCUT2D eigenvalue weighted by atomic mass is 9.76. The van der Waals surface area contributed by atoms with Crippen LogP contribution in [0.15, 0.2) is 94.2 Å². The Labute approximate surface area is 204 Å². The molecule has 0 amide bonds. The standard InChI is InChI=1S/C26H18Cl2O4S/c27-17-9-5-15(6-10-17)21-22(23(29)19-3-1-13-31-19)25(16-7-11-18(28)12-8-16)33-26(21)24(30)20-4-2-14-32-20/h1-14,21-22,25-26H. The first-order valence-electron chi connectivity index (χ1n) is 10.3. The number of carbonyl (C=O) groups excluding carboxylic acids is 2. The maximum Gasteiger partial charge on any atom is 0.211 e. The van der Waals surface area contributed by atoms with E-state index in [1.807, 2.05) is 24.3 Å². The molecule has 1 aliphatic rings. The van der Waals surface area contributed by atoms with Crippen LogP contribution in [0.4, 0.5) is 0 Å². The maximum atomic E-state index is 13.8. The van der Waals surface area contributed by atoms with Gasteiger partial charge in [0.2, 0.25) is 11.6 Å². The van der Waals surface area contributed by atoms with Gasteiger partial charge in [-0.3, -0.25) is 9.59 Å². The number of hydrogen-bond donors (Lipinski definition) is 0. The molecule has 1 aliphatic heterocycles. The van der Waals surface area contributed by atoms with E-state index in [1.165, 1.54) is 24.3 Å². The highest BCUT2D eigenvalue weighted by atomic mass is 35.5. The van der Waals surface area contributed by atoms with E-state index in [0.29, 0.717) is 10.0 Å². The molecule has 0 spiro atoms. The van der Waals surface area contributed by atoms with Gasteiger partial charge >= 0.3 is 0 Å². The minimum absolute atomic E-state index is 0.151. The molecule has 4 nitrogen and oxygen atoms in total. The minimum Gasteiger partial charge on any atom is -0.461 e. The lowest BCUT2D eigenvalue weighted by Gasteiger charge is -2.24. The van der Waals surface area contributed by atoms with Crippen molar-refractivity contribution < 1.29 is 18.4 Å². The first kappa shape index (κ1) is 22.1. The second kappa shape index (κ2) is 9.26. The van der Waals surface area contributed by atoms with Gasteiger partial charge < -0.3 is 8.83 Å². The summed E-state index contributed by atoms with van der Waals surface area (Å²) in [6, 6.07) is 21.4. The Kier molecular flexibility index (Phi) is 6.19. The zero-order chi connectivity index (χ0) is 22.9. The monoisotopic (exact) mass is 496 g/mol. The predicted octanol–water partition coefficient (Wildman–Crippen LogP) is 7.50. The van der Waals surface area contributed by atoms with Crippen LogP contribution < -0.4 is 0 Å². The van der Waals surface area contributed by atoms with E-state index >= 15 is 0 Å². The Morgan fingerprint density at radius 1 is 0.697 bits per heavy atom. The van der Waals surface area contributed by atoms with Gasteiger partial charge in [0.1, 0.15) is 0 Å². The number of ketones is 2. The smallest absolute Gasteiger partial charge is 0.211 e. The van der Waals surface area contributed by atoms with Crippen molar-refractivity contribution in [3.05, 3.63) is 118 Å². The highest BCUT2D eigenvalue weighted by Gasteiger charge is 2.52. The molecule has 166 valence electrons. The van der Waals surface area contributed by atoms with Crippen LogP contribution >= 0.6 is 35.0 Å². The molecule has 0 bridgehead atoms. The van der Waals surface area contributed by atoms with Crippen molar-refractivity contribution in [3.63, 3.8) is 0 Å². The van der Waals surface area contributed by atoms with E-state index in [0.717, 1.165) is 11.1 Å². The summed E-state index contributed by atoms with van der Waals surface area (Å²) in [6.07, 6.45) is 2.96. The summed E-state index contributed by atoms with van der Waals surface area (Å²) in [4.78, 5) is 27.3. The van der Waals surface area contributed by atoms with E-state index in [9.17, 15) is 9.59 Å². The molecule has 7 heteroatoms. The molecular formula is C26H18Cl2O4S. The molecule has 0 N–H and O–H groups in total. The van der Waals surface area contributed by atoms with Crippen molar-refractivity contribution in [2.24, 2.45) is 5.92 Å². The first-order valence-corrected chi connectivity index (χ1v) is 12.0. The Morgan fingerprint density at radius 3 is 1.73 bits per heavy atom. The molecule has 0 saturated carbocycles. The Balaban J connectivity index is 1.65. The third-order valence-electron chi connectivity index (χ3n) is 5.88. The fraction of sp³-hybridized carbons (Fsp3) is 0.154. The summed E-state index contributed by atoms with van der Waals surface area (Å²) in [5, 5.41) is 0.362. The summed E-state index contributed by atoms with van der Waals surface area (Å²) in [5.74, 6) is -0.728. The summed E-state index contributed by atoms with van der Waals surface area (Å²) in [7, 11) is 0. The minimum atomic E-state index is -0.549. The number of thioether (sulfide) groups is 1. The maximum absolute atomic E-state index is 13.8. The fourth-order valence-electron chi connectivity index (χ4n) is 4.38. The van der Waals surface area contributed by atoms with Crippen LogP contribution in [0.5, 0.6) is 0 Å². The molecule has 5 rings (SSSR count). The molecule has 4 atom stereocenters. The molecule has 0 radical (unpaired) electrons. The summed E-state index contributed by atoms with van der Waals surface area (Å²) < 4.78 is 10.9. The molecule has 2 aromatic carbocycles. The highest BCUT2D eigenvalue weighted by molar-refractivity contribution is 8.01. The number of hydrogen-bond acceptors (Lipinski definition) is 5. The van der Waals surface area contributed by atoms with Crippen molar-refractivity contribution in [2.45, 2.75) is 16.4 Å². The van der Waals surface area contributed by atoms with Gasteiger partial charge in [-0.15, -0.1) is 11.8 Å². The Bertz CT molecular complexity index is 1250. The van der Waals surface area contributed by atoms with Gasteiger partial charge in [-0.1, -0.05) is 47.5 Å². The summed E-state index contributed by atoms with van der Waals surface area (Å²) in [6.45, 7) is 0. The van der Waals surface area contributed by atoms with Gasteiger partial charge in [-0.2, -0.15) is 0 Å². The molecule has 1 fully saturated rings. The normalized spacial score (nSPS) is 22.4. The Hall–Kier alpha value is -2.73. The molecular weight excluding hydrogens is 479 g/mol.